The molecule has 1 heterocycles. The number of amides is 1. The van der Waals surface area contributed by atoms with Crippen molar-refractivity contribution in [2.75, 3.05) is 44.6 Å². The molecule has 0 radical (unpaired) electrons. The number of methoxy groups -OCH3 is 1. The molecular formula is C32H36N4O3. The van der Waals surface area contributed by atoms with Gasteiger partial charge in [0.1, 0.15) is 18.1 Å². The number of likely N-dealkylation sites (N-methyl/N-ethyl adjacent to an activating group) is 1. The van der Waals surface area contributed by atoms with E-state index in [1.54, 1.807) is 13.2 Å². The first kappa shape index (κ1) is 26.5. The number of carbonyl (C=O) groups excluding carboxylic acids is 1. The fourth-order valence-electron chi connectivity index (χ4n) is 5.38. The van der Waals surface area contributed by atoms with E-state index in [0.29, 0.717) is 18.9 Å². The third-order valence-corrected chi connectivity index (χ3v) is 7.63. The molecule has 1 aliphatic carbocycles. The molecule has 1 fully saturated rings. The highest BCUT2D eigenvalue weighted by Gasteiger charge is 2.55. The fraction of sp³-hybridized carbons (Fsp3) is 0.312. The van der Waals surface area contributed by atoms with Crippen LogP contribution in [0.3, 0.4) is 0 Å². The van der Waals surface area contributed by atoms with Crippen LogP contribution in [0, 0.1) is 5.41 Å². The number of fused-ring (bicyclic) bond motifs is 2. The predicted octanol–water partition coefficient (Wildman–Crippen LogP) is 5.71. The van der Waals surface area contributed by atoms with Crippen LogP contribution in [0.4, 0.5) is 11.4 Å². The first-order chi connectivity index (χ1) is 18.9. The summed E-state index contributed by atoms with van der Waals surface area (Å²) in [6.45, 7) is 1.71. The summed E-state index contributed by atoms with van der Waals surface area (Å²) in [6, 6.07) is 21.9. The molecule has 39 heavy (non-hydrogen) atoms. The summed E-state index contributed by atoms with van der Waals surface area (Å²) in [6.07, 6.45) is 5.71. The minimum absolute atomic E-state index is 0.141. The smallest absolute Gasteiger partial charge is 0.238 e. The number of hydrogen-bond acceptors (Lipinski definition) is 6. The number of para-hydroxylation sites is 1. The normalized spacial score (nSPS) is 15.7. The molecule has 0 aromatic heterocycles. The van der Waals surface area contributed by atoms with Crippen LogP contribution in [0.15, 0.2) is 72.8 Å². The third kappa shape index (κ3) is 5.27. The Kier molecular flexibility index (Phi) is 7.70. The number of benzene rings is 3. The molecule has 7 heteroatoms. The SMILES string of the molecule is COc1ccc(CN2C(=O)C3(CCC3)c3cc(/C(=C/C=N)Nc4ccccc4)cc(OCCN(C)C)c32)cc1. The molecule has 1 aliphatic heterocycles. The minimum Gasteiger partial charge on any atom is -0.497 e. The van der Waals surface area contributed by atoms with Gasteiger partial charge in [-0.15, -0.1) is 0 Å². The number of nitrogens with zero attached hydrogens (tertiary/aromatic N) is 2. The van der Waals surface area contributed by atoms with Crippen LogP contribution in [-0.4, -0.2) is 51.4 Å². The van der Waals surface area contributed by atoms with Crippen molar-refractivity contribution in [1.29, 1.82) is 5.41 Å². The Morgan fingerprint density at radius 2 is 1.85 bits per heavy atom. The molecule has 0 atom stereocenters. The van der Waals surface area contributed by atoms with Gasteiger partial charge in [0.2, 0.25) is 5.91 Å². The van der Waals surface area contributed by atoms with Crippen LogP contribution in [0.5, 0.6) is 11.5 Å². The average Bonchev–Trinajstić information content (AvgIpc) is 3.17. The van der Waals surface area contributed by atoms with Crippen molar-refractivity contribution in [3.05, 3.63) is 89.5 Å². The van der Waals surface area contributed by atoms with Gasteiger partial charge in [0.25, 0.3) is 0 Å². The number of rotatable bonds is 11. The molecule has 2 aliphatic rings. The molecule has 1 amide bonds. The standard InChI is InChI=1S/C32H36N4O3/c1-35(2)18-19-39-29-21-24(28(14-17-33)34-25-8-5-4-6-9-25)20-27-30(29)36(31(37)32(27)15-7-16-32)22-23-10-12-26(38-3)13-11-23/h4-6,8-14,17,20-21,33-34H,7,15-16,18-19,22H2,1-3H3/b28-14-,33-17?. The van der Waals surface area contributed by atoms with E-state index in [9.17, 15) is 4.79 Å². The molecule has 0 bridgehead atoms. The van der Waals surface area contributed by atoms with Crippen LogP contribution in [-0.2, 0) is 16.8 Å². The van der Waals surface area contributed by atoms with Crippen LogP contribution >= 0.6 is 0 Å². The van der Waals surface area contributed by atoms with E-state index in [-0.39, 0.29) is 5.91 Å². The Balaban J connectivity index is 1.59. The summed E-state index contributed by atoms with van der Waals surface area (Å²) in [7, 11) is 5.68. The third-order valence-electron chi connectivity index (χ3n) is 7.63. The van der Waals surface area contributed by atoms with Gasteiger partial charge in [0.05, 0.1) is 24.8 Å². The summed E-state index contributed by atoms with van der Waals surface area (Å²) in [5.41, 5.74) is 5.00. The van der Waals surface area contributed by atoms with E-state index in [4.69, 9.17) is 14.9 Å². The van der Waals surface area contributed by atoms with Gasteiger partial charge in [-0.05, 0) is 80.5 Å². The molecule has 5 rings (SSSR count). The lowest BCUT2D eigenvalue weighted by atomic mass is 9.65. The number of nitrogens with one attached hydrogen (secondary N) is 2. The maximum Gasteiger partial charge on any atom is 0.238 e. The molecule has 7 nitrogen and oxygen atoms in total. The molecule has 0 saturated heterocycles. The van der Waals surface area contributed by atoms with Gasteiger partial charge in [0, 0.05) is 29.7 Å². The van der Waals surface area contributed by atoms with Crippen LogP contribution < -0.4 is 19.7 Å². The number of ether oxygens (including phenoxy) is 2. The Hall–Kier alpha value is -4.10. The highest BCUT2D eigenvalue weighted by Crippen LogP contribution is 2.57. The van der Waals surface area contributed by atoms with Crippen LogP contribution in [0.1, 0.15) is 36.0 Å². The van der Waals surface area contributed by atoms with E-state index < -0.39 is 5.41 Å². The second kappa shape index (κ2) is 11.3. The highest BCUT2D eigenvalue weighted by atomic mass is 16.5. The number of carbonyl (C=O) groups is 1. The Morgan fingerprint density at radius 3 is 2.46 bits per heavy atom. The van der Waals surface area contributed by atoms with Crippen molar-refractivity contribution in [3.63, 3.8) is 0 Å². The quantitative estimate of drug-likeness (QED) is 0.314. The maximum atomic E-state index is 14.1. The summed E-state index contributed by atoms with van der Waals surface area (Å²) in [4.78, 5) is 18.1. The molecule has 3 aromatic carbocycles. The van der Waals surface area contributed by atoms with E-state index >= 15 is 0 Å². The number of allylic oxidation sites excluding steroid dienone is 1. The minimum atomic E-state index is -0.528. The van der Waals surface area contributed by atoms with Gasteiger partial charge in [0.15, 0.2) is 0 Å². The van der Waals surface area contributed by atoms with E-state index in [2.05, 4.69) is 16.3 Å². The predicted molar refractivity (Wildman–Crippen MR) is 157 cm³/mol. The van der Waals surface area contributed by atoms with Gasteiger partial charge in [-0.25, -0.2) is 0 Å². The molecule has 1 saturated carbocycles. The van der Waals surface area contributed by atoms with Gasteiger partial charge < -0.3 is 30.0 Å². The molecule has 3 aromatic rings. The second-order valence-electron chi connectivity index (χ2n) is 10.4. The van der Waals surface area contributed by atoms with Gasteiger partial charge in [-0.1, -0.05) is 36.8 Å². The average molecular weight is 525 g/mol. The van der Waals surface area contributed by atoms with Crippen molar-refractivity contribution < 1.29 is 14.3 Å². The zero-order valence-corrected chi connectivity index (χ0v) is 22.9. The topological polar surface area (TPSA) is 77.9 Å². The van der Waals surface area contributed by atoms with E-state index in [1.165, 1.54) is 6.21 Å². The molecule has 2 N–H and O–H groups in total. The zero-order chi connectivity index (χ0) is 27.4. The van der Waals surface area contributed by atoms with Gasteiger partial charge >= 0.3 is 0 Å². The van der Waals surface area contributed by atoms with Crippen LogP contribution in [0.25, 0.3) is 5.70 Å². The van der Waals surface area contributed by atoms with E-state index in [0.717, 1.165) is 65.3 Å². The lowest BCUT2D eigenvalue weighted by Crippen LogP contribution is -2.44. The van der Waals surface area contributed by atoms with E-state index in [1.807, 2.05) is 79.7 Å². The monoisotopic (exact) mass is 524 g/mol. The first-order valence-electron chi connectivity index (χ1n) is 13.4. The lowest BCUT2D eigenvalue weighted by Gasteiger charge is -2.37. The molecule has 1 spiro atoms. The number of hydrogen-bond donors (Lipinski definition) is 2. The fourth-order valence-corrected chi connectivity index (χ4v) is 5.38. The maximum absolute atomic E-state index is 14.1. The zero-order valence-electron chi connectivity index (χ0n) is 22.9. The highest BCUT2D eigenvalue weighted by molar-refractivity contribution is 6.10. The summed E-state index contributed by atoms with van der Waals surface area (Å²) >= 11 is 0. The van der Waals surface area contributed by atoms with Crippen molar-refractivity contribution in [3.8, 4) is 11.5 Å². The van der Waals surface area contributed by atoms with Gasteiger partial charge in [-0.2, -0.15) is 0 Å². The molecule has 202 valence electrons. The van der Waals surface area contributed by atoms with Crippen LogP contribution in [0.2, 0.25) is 0 Å². The second-order valence-corrected chi connectivity index (χ2v) is 10.4. The number of anilines is 2. The van der Waals surface area contributed by atoms with Crippen molar-refractivity contribution >= 4 is 29.2 Å². The molecule has 0 unspecified atom stereocenters. The first-order valence-corrected chi connectivity index (χ1v) is 13.4. The van der Waals surface area contributed by atoms with Crippen molar-refractivity contribution in [2.45, 2.75) is 31.2 Å². The molecular weight excluding hydrogens is 488 g/mol. The lowest BCUT2D eigenvalue weighted by molar-refractivity contribution is -0.126. The van der Waals surface area contributed by atoms with Crippen molar-refractivity contribution in [1.82, 2.24) is 4.90 Å². The largest absolute Gasteiger partial charge is 0.497 e. The van der Waals surface area contributed by atoms with Gasteiger partial charge in [-0.3, -0.25) is 4.79 Å². The summed E-state index contributed by atoms with van der Waals surface area (Å²) in [5.74, 6) is 1.62. The summed E-state index contributed by atoms with van der Waals surface area (Å²) < 4.78 is 11.8. The Morgan fingerprint density at radius 1 is 1.10 bits per heavy atom. The Bertz CT molecular complexity index is 1360. The summed E-state index contributed by atoms with van der Waals surface area (Å²) in [5, 5.41) is 11.3. The van der Waals surface area contributed by atoms with Crippen molar-refractivity contribution in [2.24, 2.45) is 0 Å². The Labute approximate surface area is 230 Å².